The molecule has 0 radical (unpaired) electrons. The molecule has 2 nitrogen and oxygen atoms in total. The fraction of sp³-hybridized carbons (Fsp3) is 0.882. The van der Waals surface area contributed by atoms with Crippen molar-refractivity contribution >= 4 is 0 Å². The van der Waals surface area contributed by atoms with Crippen LogP contribution in [0.3, 0.4) is 0 Å². The van der Waals surface area contributed by atoms with Crippen molar-refractivity contribution in [2.75, 3.05) is 0 Å². The molecule has 2 heteroatoms. The van der Waals surface area contributed by atoms with Crippen LogP contribution < -0.4 is 0 Å². The van der Waals surface area contributed by atoms with E-state index in [0.29, 0.717) is 0 Å². The maximum atomic E-state index is 8.41. The standard InChI is InChI=1S/C17H30N2/c18-16-14-12-10-8-6-4-2-1-3-5-7-9-11-13-15-17-19/h1-15H2. The molecule has 0 spiro atoms. The Morgan fingerprint density at radius 3 is 0.789 bits per heavy atom. The molecule has 0 fully saturated rings. The van der Waals surface area contributed by atoms with Gasteiger partial charge in [-0.15, -0.1) is 0 Å². The average molecular weight is 262 g/mol. The summed E-state index contributed by atoms with van der Waals surface area (Å²) in [6, 6.07) is 4.40. The van der Waals surface area contributed by atoms with Crippen LogP contribution in [0.2, 0.25) is 0 Å². The molecular formula is C17H30N2. The van der Waals surface area contributed by atoms with Crippen LogP contribution in [-0.4, -0.2) is 0 Å². The van der Waals surface area contributed by atoms with Gasteiger partial charge < -0.3 is 0 Å². The molecule has 0 aromatic carbocycles. The molecule has 0 saturated heterocycles. The van der Waals surface area contributed by atoms with E-state index in [-0.39, 0.29) is 0 Å². The van der Waals surface area contributed by atoms with Gasteiger partial charge in [-0.1, -0.05) is 70.6 Å². The highest BCUT2D eigenvalue weighted by molar-refractivity contribution is 4.68. The Bertz CT molecular complexity index is 221. The first kappa shape index (κ1) is 18.0. The molecule has 0 rings (SSSR count). The van der Waals surface area contributed by atoms with Gasteiger partial charge in [-0.2, -0.15) is 10.5 Å². The van der Waals surface area contributed by atoms with E-state index in [4.69, 9.17) is 10.5 Å². The van der Waals surface area contributed by atoms with Gasteiger partial charge in [-0.3, -0.25) is 0 Å². The molecule has 0 heterocycles. The maximum Gasteiger partial charge on any atom is 0.0621 e. The minimum atomic E-state index is 0.731. The minimum Gasteiger partial charge on any atom is -0.198 e. The molecule has 0 saturated carbocycles. The lowest BCUT2D eigenvalue weighted by Gasteiger charge is -2.02. The van der Waals surface area contributed by atoms with Crippen molar-refractivity contribution in [2.45, 2.75) is 96.3 Å². The Balaban J connectivity index is 2.92. The predicted octanol–water partition coefficient (Wildman–Crippen LogP) is 5.89. The van der Waals surface area contributed by atoms with Gasteiger partial charge in [0, 0.05) is 12.8 Å². The molecule has 0 aliphatic heterocycles. The summed E-state index contributed by atoms with van der Waals surface area (Å²) in [7, 11) is 0. The Labute approximate surface area is 119 Å². The molecule has 0 N–H and O–H groups in total. The summed E-state index contributed by atoms with van der Waals surface area (Å²) in [6.07, 6.45) is 18.3. The summed E-state index contributed by atoms with van der Waals surface area (Å²) >= 11 is 0. The van der Waals surface area contributed by atoms with E-state index in [1.54, 1.807) is 0 Å². The van der Waals surface area contributed by atoms with Crippen LogP contribution in [0, 0.1) is 22.7 Å². The molecule has 0 aromatic rings. The molecule has 0 atom stereocenters. The van der Waals surface area contributed by atoms with Crippen molar-refractivity contribution in [1.82, 2.24) is 0 Å². The second kappa shape index (κ2) is 17.0. The van der Waals surface area contributed by atoms with E-state index in [9.17, 15) is 0 Å². The smallest absolute Gasteiger partial charge is 0.0621 e. The largest absolute Gasteiger partial charge is 0.198 e. The predicted molar refractivity (Wildman–Crippen MR) is 80.5 cm³/mol. The summed E-state index contributed by atoms with van der Waals surface area (Å²) < 4.78 is 0. The lowest BCUT2D eigenvalue weighted by atomic mass is 10.0. The maximum absolute atomic E-state index is 8.41. The summed E-state index contributed by atoms with van der Waals surface area (Å²) in [6.45, 7) is 0. The van der Waals surface area contributed by atoms with Crippen LogP contribution in [0.1, 0.15) is 96.3 Å². The van der Waals surface area contributed by atoms with E-state index in [2.05, 4.69) is 12.1 Å². The van der Waals surface area contributed by atoms with Crippen molar-refractivity contribution in [2.24, 2.45) is 0 Å². The monoisotopic (exact) mass is 262 g/mol. The molecule has 0 unspecified atom stereocenters. The Hall–Kier alpha value is -1.02. The van der Waals surface area contributed by atoms with Gasteiger partial charge >= 0.3 is 0 Å². The molecule has 0 aliphatic rings. The van der Waals surface area contributed by atoms with Crippen molar-refractivity contribution in [1.29, 1.82) is 10.5 Å². The van der Waals surface area contributed by atoms with Crippen LogP contribution in [-0.2, 0) is 0 Å². The van der Waals surface area contributed by atoms with E-state index >= 15 is 0 Å². The van der Waals surface area contributed by atoms with Crippen LogP contribution in [0.15, 0.2) is 0 Å². The third-order valence-corrected chi connectivity index (χ3v) is 3.58. The summed E-state index contributed by atoms with van der Waals surface area (Å²) in [5, 5.41) is 16.8. The van der Waals surface area contributed by atoms with Gasteiger partial charge in [0.1, 0.15) is 0 Å². The summed E-state index contributed by atoms with van der Waals surface area (Å²) in [4.78, 5) is 0. The van der Waals surface area contributed by atoms with Crippen molar-refractivity contribution in [3.05, 3.63) is 0 Å². The highest BCUT2D eigenvalue weighted by Crippen LogP contribution is 2.13. The third-order valence-electron chi connectivity index (χ3n) is 3.58. The number of hydrogen-bond donors (Lipinski definition) is 0. The van der Waals surface area contributed by atoms with Crippen molar-refractivity contribution in [3.8, 4) is 12.1 Å². The molecule has 0 bridgehead atoms. The zero-order valence-electron chi connectivity index (χ0n) is 12.5. The first-order chi connectivity index (χ1) is 9.41. The van der Waals surface area contributed by atoms with E-state index in [0.717, 1.165) is 25.7 Å². The molecule has 108 valence electrons. The Morgan fingerprint density at radius 1 is 0.368 bits per heavy atom. The van der Waals surface area contributed by atoms with Gasteiger partial charge in [0.2, 0.25) is 0 Å². The molecule has 0 amide bonds. The Kier molecular flexibility index (Phi) is 16.1. The second-order valence-electron chi connectivity index (χ2n) is 5.41. The number of unbranched alkanes of at least 4 members (excludes halogenated alkanes) is 14. The number of nitrogens with zero attached hydrogens (tertiary/aromatic N) is 2. The van der Waals surface area contributed by atoms with Crippen LogP contribution in [0.5, 0.6) is 0 Å². The number of nitriles is 2. The number of rotatable bonds is 14. The van der Waals surface area contributed by atoms with Crippen LogP contribution >= 0.6 is 0 Å². The van der Waals surface area contributed by atoms with Crippen LogP contribution in [0.4, 0.5) is 0 Å². The molecule has 0 aliphatic carbocycles. The van der Waals surface area contributed by atoms with Gasteiger partial charge in [0.05, 0.1) is 12.1 Å². The number of hydrogen-bond acceptors (Lipinski definition) is 2. The van der Waals surface area contributed by atoms with Crippen molar-refractivity contribution < 1.29 is 0 Å². The van der Waals surface area contributed by atoms with Gasteiger partial charge in [-0.25, -0.2) is 0 Å². The quantitative estimate of drug-likeness (QED) is 0.367. The zero-order chi connectivity index (χ0) is 14.0. The highest BCUT2D eigenvalue weighted by Gasteiger charge is 1.94. The van der Waals surface area contributed by atoms with Gasteiger partial charge in [0.25, 0.3) is 0 Å². The zero-order valence-corrected chi connectivity index (χ0v) is 12.5. The lowest BCUT2D eigenvalue weighted by molar-refractivity contribution is 0.538. The summed E-state index contributed by atoms with van der Waals surface area (Å²) in [5.74, 6) is 0. The van der Waals surface area contributed by atoms with Crippen molar-refractivity contribution in [3.63, 3.8) is 0 Å². The SMILES string of the molecule is N#CCCCCCCCCCCCCCCCC#N. The van der Waals surface area contributed by atoms with E-state index in [1.807, 2.05) is 0 Å². The first-order valence-electron chi connectivity index (χ1n) is 8.15. The van der Waals surface area contributed by atoms with Gasteiger partial charge in [-0.05, 0) is 12.8 Å². The summed E-state index contributed by atoms with van der Waals surface area (Å²) in [5.41, 5.74) is 0. The molecular weight excluding hydrogens is 232 g/mol. The molecule has 0 aromatic heterocycles. The first-order valence-corrected chi connectivity index (χ1v) is 8.15. The fourth-order valence-electron chi connectivity index (χ4n) is 2.35. The highest BCUT2D eigenvalue weighted by atomic mass is 14.2. The van der Waals surface area contributed by atoms with E-state index in [1.165, 1.54) is 70.6 Å². The second-order valence-corrected chi connectivity index (χ2v) is 5.41. The molecule has 19 heavy (non-hydrogen) atoms. The average Bonchev–Trinajstić information content (AvgIpc) is 2.43. The lowest BCUT2D eigenvalue weighted by Crippen LogP contribution is -1.83. The topological polar surface area (TPSA) is 47.6 Å². The van der Waals surface area contributed by atoms with Crippen LogP contribution in [0.25, 0.3) is 0 Å². The Morgan fingerprint density at radius 2 is 0.579 bits per heavy atom. The normalized spacial score (nSPS) is 10.0. The van der Waals surface area contributed by atoms with Gasteiger partial charge in [0.15, 0.2) is 0 Å². The fourth-order valence-corrected chi connectivity index (χ4v) is 2.35. The minimum absolute atomic E-state index is 0.731. The van der Waals surface area contributed by atoms with E-state index < -0.39 is 0 Å². The third kappa shape index (κ3) is 17.0.